The maximum Gasteiger partial charge on any atom is 0.326 e. The van der Waals surface area contributed by atoms with E-state index < -0.39 is 12.0 Å². The molecule has 1 aromatic rings. The molecule has 23 heavy (non-hydrogen) atoms. The summed E-state index contributed by atoms with van der Waals surface area (Å²) in [6.07, 6.45) is 1.40. The van der Waals surface area contributed by atoms with Crippen molar-refractivity contribution in [2.75, 3.05) is 14.2 Å². The Morgan fingerprint density at radius 1 is 1.22 bits per heavy atom. The molecule has 128 valence electrons. The van der Waals surface area contributed by atoms with Crippen LogP contribution in [-0.2, 0) is 16.0 Å². The molecule has 0 fully saturated rings. The third-order valence-corrected chi connectivity index (χ3v) is 3.88. The van der Waals surface area contributed by atoms with E-state index >= 15 is 0 Å². The van der Waals surface area contributed by atoms with Gasteiger partial charge in [-0.2, -0.15) is 0 Å². The van der Waals surface area contributed by atoms with Crippen molar-refractivity contribution in [3.63, 3.8) is 0 Å². The summed E-state index contributed by atoms with van der Waals surface area (Å²) >= 11 is 0. The normalized spacial score (nSPS) is 13.0. The first-order chi connectivity index (χ1) is 10.9. The molecule has 1 aromatic carbocycles. The summed E-state index contributed by atoms with van der Waals surface area (Å²) in [6, 6.07) is 4.61. The van der Waals surface area contributed by atoms with Crippen LogP contribution >= 0.6 is 0 Å². The number of amides is 1. The predicted molar refractivity (Wildman–Crippen MR) is 86.9 cm³/mol. The second kappa shape index (κ2) is 9.02. The molecule has 0 saturated heterocycles. The highest BCUT2D eigenvalue weighted by atomic mass is 16.5. The Morgan fingerprint density at radius 2 is 1.87 bits per heavy atom. The van der Waals surface area contributed by atoms with Gasteiger partial charge in [0.15, 0.2) is 11.5 Å². The maximum absolute atomic E-state index is 12.0. The Bertz CT molecular complexity index is 544. The fourth-order valence-electron chi connectivity index (χ4n) is 2.22. The van der Waals surface area contributed by atoms with Crippen LogP contribution < -0.4 is 14.8 Å². The minimum absolute atomic E-state index is 0.113. The molecule has 1 rings (SSSR count). The summed E-state index contributed by atoms with van der Waals surface area (Å²) in [6.45, 7) is 3.71. The number of methoxy groups -OCH3 is 2. The molecule has 6 heteroatoms. The molecule has 2 N–H and O–H groups in total. The summed E-state index contributed by atoms with van der Waals surface area (Å²) in [7, 11) is 3.11. The second-order valence-electron chi connectivity index (χ2n) is 5.46. The standard InChI is InChI=1S/C17H25NO5/c1-5-11(2)16(17(20)21)18-15(19)9-7-12-6-8-13(22-3)14(10-12)23-4/h6,8,10-11,16H,5,7,9H2,1-4H3,(H,18,19)(H,20,21). The predicted octanol–water partition coefficient (Wildman–Crippen LogP) is 2.25. The smallest absolute Gasteiger partial charge is 0.326 e. The molecule has 0 aliphatic rings. The minimum Gasteiger partial charge on any atom is -0.493 e. The summed E-state index contributed by atoms with van der Waals surface area (Å²) in [4.78, 5) is 23.2. The average molecular weight is 323 g/mol. The lowest BCUT2D eigenvalue weighted by molar-refractivity contribution is -0.143. The van der Waals surface area contributed by atoms with E-state index in [1.54, 1.807) is 20.3 Å². The molecule has 0 aromatic heterocycles. The van der Waals surface area contributed by atoms with Gasteiger partial charge in [0.2, 0.25) is 5.91 Å². The van der Waals surface area contributed by atoms with Crippen molar-refractivity contribution < 1.29 is 24.2 Å². The Hall–Kier alpha value is -2.24. The molecular weight excluding hydrogens is 298 g/mol. The third-order valence-electron chi connectivity index (χ3n) is 3.88. The van der Waals surface area contributed by atoms with Gasteiger partial charge in [0.05, 0.1) is 14.2 Å². The number of ether oxygens (including phenoxy) is 2. The zero-order valence-electron chi connectivity index (χ0n) is 14.1. The fourth-order valence-corrected chi connectivity index (χ4v) is 2.22. The Balaban J connectivity index is 2.63. The molecule has 0 aliphatic heterocycles. The summed E-state index contributed by atoms with van der Waals surface area (Å²) in [5.74, 6) is -0.152. The minimum atomic E-state index is -1.00. The number of hydrogen-bond acceptors (Lipinski definition) is 4. The van der Waals surface area contributed by atoms with Gasteiger partial charge < -0.3 is 19.9 Å². The molecule has 0 saturated carbocycles. The van der Waals surface area contributed by atoms with Gasteiger partial charge in [0.1, 0.15) is 6.04 Å². The number of carboxylic acid groups (broad SMARTS) is 1. The highest BCUT2D eigenvalue weighted by molar-refractivity contribution is 5.83. The van der Waals surface area contributed by atoms with Crippen molar-refractivity contribution in [1.82, 2.24) is 5.32 Å². The van der Waals surface area contributed by atoms with Crippen molar-refractivity contribution in [3.8, 4) is 11.5 Å². The number of aliphatic carboxylic acids is 1. The number of nitrogens with one attached hydrogen (secondary N) is 1. The van der Waals surface area contributed by atoms with Crippen molar-refractivity contribution in [3.05, 3.63) is 23.8 Å². The number of benzene rings is 1. The fraction of sp³-hybridized carbons (Fsp3) is 0.529. The van der Waals surface area contributed by atoms with Crippen molar-refractivity contribution in [2.24, 2.45) is 5.92 Å². The van der Waals surface area contributed by atoms with Gasteiger partial charge in [0.25, 0.3) is 0 Å². The third kappa shape index (κ3) is 5.47. The summed E-state index contributed by atoms with van der Waals surface area (Å²) in [5, 5.41) is 11.8. The molecule has 0 radical (unpaired) electrons. The van der Waals surface area contributed by atoms with Crippen molar-refractivity contribution >= 4 is 11.9 Å². The van der Waals surface area contributed by atoms with E-state index in [2.05, 4.69) is 5.32 Å². The first kappa shape index (κ1) is 18.8. The van der Waals surface area contributed by atoms with Crippen LogP contribution in [0.5, 0.6) is 11.5 Å². The SMILES string of the molecule is CCC(C)C(NC(=O)CCc1ccc(OC)c(OC)c1)C(=O)O. The van der Waals surface area contributed by atoms with Crippen LogP contribution in [0.15, 0.2) is 18.2 Å². The Kier molecular flexibility index (Phi) is 7.38. The summed E-state index contributed by atoms with van der Waals surface area (Å²) < 4.78 is 10.4. The van der Waals surface area contributed by atoms with E-state index in [1.165, 1.54) is 0 Å². The van der Waals surface area contributed by atoms with Gasteiger partial charge in [-0.1, -0.05) is 26.3 Å². The average Bonchev–Trinajstić information content (AvgIpc) is 2.56. The van der Waals surface area contributed by atoms with Crippen molar-refractivity contribution in [2.45, 2.75) is 39.2 Å². The topological polar surface area (TPSA) is 84.9 Å². The van der Waals surface area contributed by atoms with E-state index in [0.29, 0.717) is 24.3 Å². The lowest BCUT2D eigenvalue weighted by Gasteiger charge is -2.20. The van der Waals surface area contributed by atoms with Crippen molar-refractivity contribution in [1.29, 1.82) is 0 Å². The lowest BCUT2D eigenvalue weighted by atomic mass is 9.99. The number of rotatable bonds is 9. The molecule has 1 amide bonds. The number of carboxylic acids is 1. The zero-order chi connectivity index (χ0) is 17.4. The first-order valence-corrected chi connectivity index (χ1v) is 7.66. The van der Waals surface area contributed by atoms with Crippen LogP contribution in [0.3, 0.4) is 0 Å². The van der Waals surface area contributed by atoms with Crippen LogP contribution in [-0.4, -0.2) is 37.2 Å². The van der Waals surface area contributed by atoms with Gasteiger partial charge in [0, 0.05) is 6.42 Å². The van der Waals surface area contributed by atoms with Gasteiger partial charge in [-0.15, -0.1) is 0 Å². The van der Waals surface area contributed by atoms with Crippen LogP contribution in [0.25, 0.3) is 0 Å². The number of aryl methyl sites for hydroxylation is 1. The molecule has 0 bridgehead atoms. The zero-order valence-corrected chi connectivity index (χ0v) is 14.1. The maximum atomic E-state index is 12.0. The first-order valence-electron chi connectivity index (χ1n) is 7.66. The van der Waals surface area contributed by atoms with E-state index in [4.69, 9.17) is 9.47 Å². The number of hydrogen-bond donors (Lipinski definition) is 2. The monoisotopic (exact) mass is 323 g/mol. The Labute approximate surface area is 136 Å². The number of carbonyl (C=O) groups excluding carboxylic acids is 1. The molecule has 2 unspecified atom stereocenters. The van der Waals surface area contributed by atoms with Crippen LogP contribution in [0, 0.1) is 5.92 Å². The lowest BCUT2D eigenvalue weighted by Crippen LogP contribution is -2.45. The Morgan fingerprint density at radius 3 is 2.39 bits per heavy atom. The number of carbonyl (C=O) groups is 2. The van der Waals surface area contributed by atoms with Gasteiger partial charge in [-0.05, 0) is 30.0 Å². The van der Waals surface area contributed by atoms with Gasteiger partial charge in [-0.3, -0.25) is 4.79 Å². The molecule has 6 nitrogen and oxygen atoms in total. The largest absolute Gasteiger partial charge is 0.493 e. The van der Waals surface area contributed by atoms with E-state index in [0.717, 1.165) is 5.56 Å². The van der Waals surface area contributed by atoms with Crippen LogP contribution in [0.4, 0.5) is 0 Å². The highest BCUT2D eigenvalue weighted by Gasteiger charge is 2.24. The molecule has 0 aliphatic carbocycles. The van der Waals surface area contributed by atoms with Crippen LogP contribution in [0.2, 0.25) is 0 Å². The molecule has 0 heterocycles. The highest BCUT2D eigenvalue weighted by Crippen LogP contribution is 2.27. The molecule has 2 atom stereocenters. The van der Waals surface area contributed by atoms with Gasteiger partial charge >= 0.3 is 5.97 Å². The van der Waals surface area contributed by atoms with Crippen LogP contribution in [0.1, 0.15) is 32.3 Å². The van der Waals surface area contributed by atoms with E-state index in [-0.39, 0.29) is 18.2 Å². The molecular formula is C17H25NO5. The summed E-state index contributed by atoms with van der Waals surface area (Å²) in [5.41, 5.74) is 0.924. The second-order valence-corrected chi connectivity index (χ2v) is 5.46. The van der Waals surface area contributed by atoms with E-state index in [9.17, 15) is 14.7 Å². The quantitative estimate of drug-likeness (QED) is 0.728. The van der Waals surface area contributed by atoms with Gasteiger partial charge in [-0.25, -0.2) is 4.79 Å². The van der Waals surface area contributed by atoms with E-state index in [1.807, 2.05) is 26.0 Å². The molecule has 0 spiro atoms.